The summed E-state index contributed by atoms with van der Waals surface area (Å²) in [6.45, 7) is 10.4. The molecule has 1 atom stereocenters. The molecule has 0 bridgehead atoms. The van der Waals surface area contributed by atoms with Crippen molar-refractivity contribution in [1.82, 2.24) is 5.32 Å². The molecule has 0 aromatic carbocycles. The highest BCUT2D eigenvalue weighted by Crippen LogP contribution is 2.03. The topological polar surface area (TPSA) is 32.3 Å². The maximum Gasteiger partial charge on any atom is 0.0575 e. The van der Waals surface area contributed by atoms with Crippen LogP contribution in [0.15, 0.2) is 0 Å². The highest BCUT2D eigenvalue weighted by atomic mass is 16.3. The molecule has 0 aliphatic carbocycles. The number of hydrogen-bond acceptors (Lipinski definition) is 2. The summed E-state index contributed by atoms with van der Waals surface area (Å²) in [5.41, 5.74) is 0. The Hall–Kier alpha value is -0.0800. The Balaban J connectivity index is 3.20. The minimum atomic E-state index is -0.148. The first-order valence-electron chi connectivity index (χ1n) is 4.92. The van der Waals surface area contributed by atoms with Crippen LogP contribution in [0, 0.1) is 11.8 Å². The molecule has 1 unspecified atom stereocenters. The standard InChI is InChI=1S/C10H23NO/c1-8(2)7-11-6-5-10(12)9(3)4/h8-12H,5-7H2,1-4H3. The molecule has 0 fully saturated rings. The molecule has 74 valence electrons. The van der Waals surface area contributed by atoms with Crippen molar-refractivity contribution in [2.45, 2.75) is 40.2 Å². The summed E-state index contributed by atoms with van der Waals surface area (Å²) in [5.74, 6) is 1.08. The van der Waals surface area contributed by atoms with E-state index < -0.39 is 0 Å². The lowest BCUT2D eigenvalue weighted by atomic mass is 10.0. The van der Waals surface area contributed by atoms with Crippen molar-refractivity contribution in [3.63, 3.8) is 0 Å². The molecule has 2 heteroatoms. The van der Waals surface area contributed by atoms with E-state index in [-0.39, 0.29) is 6.10 Å². The van der Waals surface area contributed by atoms with Gasteiger partial charge in [-0.2, -0.15) is 0 Å². The van der Waals surface area contributed by atoms with Crippen molar-refractivity contribution < 1.29 is 5.11 Å². The van der Waals surface area contributed by atoms with Crippen molar-refractivity contribution in [3.05, 3.63) is 0 Å². The maximum atomic E-state index is 9.45. The van der Waals surface area contributed by atoms with Crippen molar-refractivity contribution in [2.75, 3.05) is 13.1 Å². The number of aliphatic hydroxyl groups is 1. The molecule has 0 aliphatic heterocycles. The van der Waals surface area contributed by atoms with E-state index in [0.717, 1.165) is 19.5 Å². The van der Waals surface area contributed by atoms with E-state index in [1.807, 2.05) is 13.8 Å². The van der Waals surface area contributed by atoms with E-state index in [9.17, 15) is 5.11 Å². The van der Waals surface area contributed by atoms with Crippen LogP contribution in [0.4, 0.5) is 0 Å². The summed E-state index contributed by atoms with van der Waals surface area (Å²) in [5, 5.41) is 12.8. The molecule has 2 nitrogen and oxygen atoms in total. The van der Waals surface area contributed by atoms with E-state index in [1.54, 1.807) is 0 Å². The van der Waals surface area contributed by atoms with Gasteiger partial charge in [-0.1, -0.05) is 27.7 Å². The fourth-order valence-corrected chi connectivity index (χ4v) is 0.974. The Morgan fingerprint density at radius 2 is 1.75 bits per heavy atom. The summed E-state index contributed by atoms with van der Waals surface area (Å²) in [6.07, 6.45) is 0.717. The van der Waals surface area contributed by atoms with Crippen LogP contribution >= 0.6 is 0 Å². The van der Waals surface area contributed by atoms with Gasteiger partial charge in [-0.05, 0) is 31.3 Å². The lowest BCUT2D eigenvalue weighted by Gasteiger charge is -2.14. The van der Waals surface area contributed by atoms with E-state index in [1.165, 1.54) is 0 Å². The van der Waals surface area contributed by atoms with E-state index in [0.29, 0.717) is 11.8 Å². The zero-order chi connectivity index (χ0) is 9.56. The molecule has 0 spiro atoms. The average molecular weight is 173 g/mol. The molecular formula is C10H23NO. The Bertz CT molecular complexity index is 102. The molecule has 0 aromatic rings. The van der Waals surface area contributed by atoms with Crippen LogP contribution in [0.3, 0.4) is 0 Å². The Morgan fingerprint density at radius 3 is 2.17 bits per heavy atom. The van der Waals surface area contributed by atoms with Crippen LogP contribution in [-0.4, -0.2) is 24.3 Å². The van der Waals surface area contributed by atoms with Gasteiger partial charge >= 0.3 is 0 Å². The molecule has 0 radical (unpaired) electrons. The molecule has 0 saturated heterocycles. The molecule has 0 amide bonds. The first-order valence-corrected chi connectivity index (χ1v) is 4.92. The third-order valence-corrected chi connectivity index (χ3v) is 1.94. The normalized spacial score (nSPS) is 14.2. The van der Waals surface area contributed by atoms with Crippen LogP contribution in [0.2, 0.25) is 0 Å². The van der Waals surface area contributed by atoms with Crippen molar-refractivity contribution in [2.24, 2.45) is 11.8 Å². The zero-order valence-electron chi connectivity index (χ0n) is 8.80. The third kappa shape index (κ3) is 6.62. The molecular weight excluding hydrogens is 150 g/mol. The van der Waals surface area contributed by atoms with Gasteiger partial charge in [0, 0.05) is 0 Å². The maximum absolute atomic E-state index is 9.45. The molecule has 0 aliphatic rings. The van der Waals surface area contributed by atoms with Crippen LogP contribution in [-0.2, 0) is 0 Å². The summed E-state index contributed by atoms with van der Waals surface area (Å²) < 4.78 is 0. The van der Waals surface area contributed by atoms with Crippen LogP contribution in [0.25, 0.3) is 0 Å². The monoisotopic (exact) mass is 173 g/mol. The van der Waals surface area contributed by atoms with Gasteiger partial charge in [-0.15, -0.1) is 0 Å². The van der Waals surface area contributed by atoms with Crippen molar-refractivity contribution >= 4 is 0 Å². The Labute approximate surface area is 76.4 Å². The van der Waals surface area contributed by atoms with Gasteiger partial charge in [-0.3, -0.25) is 0 Å². The van der Waals surface area contributed by atoms with E-state index >= 15 is 0 Å². The molecule has 2 N–H and O–H groups in total. The van der Waals surface area contributed by atoms with Gasteiger partial charge in [0.25, 0.3) is 0 Å². The predicted octanol–water partition coefficient (Wildman–Crippen LogP) is 1.64. The quantitative estimate of drug-likeness (QED) is 0.598. The highest BCUT2D eigenvalue weighted by Gasteiger charge is 2.07. The number of nitrogens with one attached hydrogen (secondary N) is 1. The lowest BCUT2D eigenvalue weighted by molar-refractivity contribution is 0.116. The molecule has 0 aromatic heterocycles. The summed E-state index contributed by atoms with van der Waals surface area (Å²) in [6, 6.07) is 0. The van der Waals surface area contributed by atoms with E-state index in [4.69, 9.17) is 0 Å². The lowest BCUT2D eigenvalue weighted by Crippen LogP contribution is -2.26. The second-order valence-electron chi connectivity index (χ2n) is 4.20. The molecule has 0 rings (SSSR count). The fourth-order valence-electron chi connectivity index (χ4n) is 0.974. The average Bonchev–Trinajstić information content (AvgIpc) is 1.97. The van der Waals surface area contributed by atoms with Gasteiger partial charge in [0.15, 0.2) is 0 Å². The molecule has 0 saturated carbocycles. The van der Waals surface area contributed by atoms with Crippen LogP contribution in [0.1, 0.15) is 34.1 Å². The number of hydrogen-bond donors (Lipinski definition) is 2. The van der Waals surface area contributed by atoms with E-state index in [2.05, 4.69) is 19.2 Å². The fraction of sp³-hybridized carbons (Fsp3) is 1.00. The number of rotatable bonds is 6. The zero-order valence-corrected chi connectivity index (χ0v) is 8.80. The minimum Gasteiger partial charge on any atom is -0.393 e. The van der Waals surface area contributed by atoms with Crippen molar-refractivity contribution in [1.29, 1.82) is 0 Å². The number of aliphatic hydroxyl groups excluding tert-OH is 1. The van der Waals surface area contributed by atoms with Crippen molar-refractivity contribution in [3.8, 4) is 0 Å². The predicted molar refractivity (Wildman–Crippen MR) is 53.2 cm³/mol. The highest BCUT2D eigenvalue weighted by molar-refractivity contribution is 4.61. The van der Waals surface area contributed by atoms with Gasteiger partial charge in [0.1, 0.15) is 0 Å². The second-order valence-corrected chi connectivity index (χ2v) is 4.20. The van der Waals surface area contributed by atoms with Crippen LogP contribution < -0.4 is 5.32 Å². The smallest absolute Gasteiger partial charge is 0.0575 e. The summed E-state index contributed by atoms with van der Waals surface area (Å²) in [7, 11) is 0. The minimum absolute atomic E-state index is 0.148. The largest absolute Gasteiger partial charge is 0.393 e. The third-order valence-electron chi connectivity index (χ3n) is 1.94. The van der Waals surface area contributed by atoms with Gasteiger partial charge in [0.05, 0.1) is 6.10 Å². The summed E-state index contributed by atoms with van der Waals surface area (Å²) >= 11 is 0. The molecule has 12 heavy (non-hydrogen) atoms. The van der Waals surface area contributed by atoms with Crippen LogP contribution in [0.5, 0.6) is 0 Å². The first-order chi connectivity index (χ1) is 5.54. The van der Waals surface area contributed by atoms with Gasteiger partial charge < -0.3 is 10.4 Å². The Morgan fingerprint density at radius 1 is 1.17 bits per heavy atom. The van der Waals surface area contributed by atoms with Gasteiger partial charge in [-0.25, -0.2) is 0 Å². The SMILES string of the molecule is CC(C)CNCCC(O)C(C)C. The second kappa shape index (κ2) is 6.44. The summed E-state index contributed by atoms with van der Waals surface area (Å²) in [4.78, 5) is 0. The van der Waals surface area contributed by atoms with Gasteiger partial charge in [0.2, 0.25) is 0 Å². The first kappa shape index (κ1) is 11.9. The molecule has 0 heterocycles. The Kier molecular flexibility index (Phi) is 6.39.